The summed E-state index contributed by atoms with van der Waals surface area (Å²) in [5.74, 6) is -0.353. The molecule has 1 aliphatic rings. The molecule has 0 amide bonds. The van der Waals surface area contributed by atoms with Crippen LogP contribution >= 0.6 is 0 Å². The van der Waals surface area contributed by atoms with Crippen LogP contribution in [0.15, 0.2) is 30.3 Å². The summed E-state index contributed by atoms with van der Waals surface area (Å²) >= 11 is 0. The molecule has 6 heteroatoms. The van der Waals surface area contributed by atoms with Crippen LogP contribution < -0.4 is 4.74 Å². The molecule has 3 rings (SSSR count). The van der Waals surface area contributed by atoms with Crippen molar-refractivity contribution in [2.24, 2.45) is 0 Å². The SMILES string of the molecule is COc1cccc(-n2nc(C(=O)O)cc2C2CCCO2)c1. The Bertz CT molecular complexity index is 659. The largest absolute Gasteiger partial charge is 0.497 e. The van der Waals surface area contributed by atoms with Crippen LogP contribution in [0.3, 0.4) is 0 Å². The molecule has 1 saturated heterocycles. The minimum Gasteiger partial charge on any atom is -0.497 e. The average Bonchev–Trinajstić information content (AvgIpc) is 3.16. The third kappa shape index (κ3) is 2.62. The van der Waals surface area contributed by atoms with E-state index in [4.69, 9.17) is 9.47 Å². The van der Waals surface area contributed by atoms with E-state index in [0.717, 1.165) is 24.2 Å². The highest BCUT2D eigenvalue weighted by Gasteiger charge is 2.25. The second kappa shape index (κ2) is 5.57. The van der Waals surface area contributed by atoms with Gasteiger partial charge >= 0.3 is 5.97 Å². The summed E-state index contributed by atoms with van der Waals surface area (Å²) in [6.07, 6.45) is 1.72. The van der Waals surface area contributed by atoms with Crippen molar-refractivity contribution in [2.45, 2.75) is 18.9 Å². The predicted molar refractivity (Wildman–Crippen MR) is 75.0 cm³/mol. The topological polar surface area (TPSA) is 73.6 Å². The van der Waals surface area contributed by atoms with Crippen molar-refractivity contribution in [3.8, 4) is 11.4 Å². The molecule has 1 aliphatic heterocycles. The maximum absolute atomic E-state index is 11.2. The van der Waals surface area contributed by atoms with E-state index >= 15 is 0 Å². The summed E-state index contributed by atoms with van der Waals surface area (Å²) in [4.78, 5) is 11.2. The number of carboxylic acid groups (broad SMARTS) is 1. The Morgan fingerprint density at radius 1 is 1.48 bits per heavy atom. The summed E-state index contributed by atoms with van der Waals surface area (Å²) in [7, 11) is 1.59. The number of benzene rings is 1. The molecule has 0 aliphatic carbocycles. The van der Waals surface area contributed by atoms with E-state index in [2.05, 4.69) is 5.10 Å². The maximum atomic E-state index is 11.2. The zero-order valence-corrected chi connectivity index (χ0v) is 11.7. The molecule has 110 valence electrons. The van der Waals surface area contributed by atoms with Gasteiger partial charge in [0.1, 0.15) is 5.75 Å². The molecule has 21 heavy (non-hydrogen) atoms. The van der Waals surface area contributed by atoms with Crippen molar-refractivity contribution in [1.29, 1.82) is 0 Å². The fraction of sp³-hybridized carbons (Fsp3) is 0.333. The lowest BCUT2D eigenvalue weighted by Crippen LogP contribution is -2.07. The van der Waals surface area contributed by atoms with Gasteiger partial charge in [-0.05, 0) is 31.0 Å². The lowest BCUT2D eigenvalue weighted by molar-refractivity contribution is 0.0690. The van der Waals surface area contributed by atoms with Gasteiger partial charge in [-0.3, -0.25) is 0 Å². The van der Waals surface area contributed by atoms with E-state index < -0.39 is 5.97 Å². The summed E-state index contributed by atoms with van der Waals surface area (Å²) < 4.78 is 12.5. The second-order valence-electron chi connectivity index (χ2n) is 4.87. The quantitative estimate of drug-likeness (QED) is 0.935. The first-order chi connectivity index (χ1) is 10.2. The molecule has 1 aromatic heterocycles. The highest BCUT2D eigenvalue weighted by atomic mass is 16.5. The van der Waals surface area contributed by atoms with Crippen molar-refractivity contribution >= 4 is 5.97 Å². The van der Waals surface area contributed by atoms with E-state index in [1.165, 1.54) is 0 Å². The molecule has 1 aromatic carbocycles. The molecule has 0 radical (unpaired) electrons. The average molecular weight is 288 g/mol. The number of hydrogen-bond donors (Lipinski definition) is 1. The van der Waals surface area contributed by atoms with Gasteiger partial charge in [-0.1, -0.05) is 6.07 Å². The fourth-order valence-corrected chi connectivity index (χ4v) is 2.49. The smallest absolute Gasteiger partial charge is 0.356 e. The van der Waals surface area contributed by atoms with Gasteiger partial charge in [0.2, 0.25) is 0 Å². The Kier molecular flexibility index (Phi) is 3.62. The fourth-order valence-electron chi connectivity index (χ4n) is 2.49. The Labute approximate surface area is 121 Å². The van der Waals surface area contributed by atoms with Gasteiger partial charge in [0.25, 0.3) is 0 Å². The van der Waals surface area contributed by atoms with Crippen molar-refractivity contribution in [2.75, 3.05) is 13.7 Å². The molecule has 2 heterocycles. The van der Waals surface area contributed by atoms with Gasteiger partial charge in [-0.15, -0.1) is 0 Å². The number of ether oxygens (including phenoxy) is 2. The van der Waals surface area contributed by atoms with E-state index in [-0.39, 0.29) is 11.8 Å². The molecule has 1 atom stereocenters. The number of rotatable bonds is 4. The van der Waals surface area contributed by atoms with Crippen molar-refractivity contribution < 1.29 is 19.4 Å². The number of hydrogen-bond acceptors (Lipinski definition) is 4. The zero-order valence-electron chi connectivity index (χ0n) is 11.7. The summed E-state index contributed by atoms with van der Waals surface area (Å²) in [6.45, 7) is 0.691. The first-order valence-electron chi connectivity index (χ1n) is 6.78. The van der Waals surface area contributed by atoms with E-state index in [1.54, 1.807) is 17.9 Å². The molecule has 1 fully saturated rings. The molecule has 0 spiro atoms. The molecule has 1 unspecified atom stereocenters. The number of methoxy groups -OCH3 is 1. The van der Waals surface area contributed by atoms with Crippen LogP contribution in [-0.2, 0) is 4.74 Å². The Morgan fingerprint density at radius 2 is 2.33 bits per heavy atom. The third-order valence-electron chi connectivity index (χ3n) is 3.51. The van der Waals surface area contributed by atoms with Crippen LogP contribution in [0.4, 0.5) is 0 Å². The predicted octanol–water partition coefficient (Wildman–Crippen LogP) is 2.43. The summed E-state index contributed by atoms with van der Waals surface area (Å²) in [5.41, 5.74) is 1.54. The molecular formula is C15H16N2O4. The second-order valence-corrected chi connectivity index (χ2v) is 4.87. The van der Waals surface area contributed by atoms with Crippen LogP contribution in [0.2, 0.25) is 0 Å². The lowest BCUT2D eigenvalue weighted by Gasteiger charge is -2.13. The number of aromatic carboxylic acids is 1. The van der Waals surface area contributed by atoms with Crippen LogP contribution in [0.5, 0.6) is 5.75 Å². The third-order valence-corrected chi connectivity index (χ3v) is 3.51. The van der Waals surface area contributed by atoms with Gasteiger partial charge in [0, 0.05) is 12.7 Å². The van der Waals surface area contributed by atoms with Gasteiger partial charge in [-0.25, -0.2) is 9.48 Å². The Balaban J connectivity index is 2.08. The standard InChI is InChI=1S/C15H16N2O4/c1-20-11-5-2-4-10(8-11)17-13(14-6-3-7-21-14)9-12(16-17)15(18)19/h2,4-5,8-9,14H,3,6-7H2,1H3,(H,18,19). The molecule has 0 saturated carbocycles. The summed E-state index contributed by atoms with van der Waals surface area (Å²) in [6, 6.07) is 8.93. The van der Waals surface area contributed by atoms with E-state index in [9.17, 15) is 9.90 Å². The van der Waals surface area contributed by atoms with Crippen molar-refractivity contribution in [3.05, 3.63) is 41.7 Å². The Morgan fingerprint density at radius 3 is 3.00 bits per heavy atom. The van der Waals surface area contributed by atoms with E-state index in [0.29, 0.717) is 12.4 Å². The number of nitrogens with zero attached hydrogens (tertiary/aromatic N) is 2. The zero-order chi connectivity index (χ0) is 14.8. The van der Waals surface area contributed by atoms with Crippen LogP contribution in [-0.4, -0.2) is 34.6 Å². The highest BCUT2D eigenvalue weighted by Crippen LogP contribution is 2.31. The first-order valence-corrected chi connectivity index (χ1v) is 6.78. The van der Waals surface area contributed by atoms with E-state index in [1.807, 2.05) is 24.3 Å². The lowest BCUT2D eigenvalue weighted by atomic mass is 10.1. The normalized spacial score (nSPS) is 17.9. The monoisotopic (exact) mass is 288 g/mol. The van der Waals surface area contributed by atoms with Gasteiger partial charge in [-0.2, -0.15) is 5.10 Å². The molecule has 1 N–H and O–H groups in total. The van der Waals surface area contributed by atoms with Crippen LogP contribution in [0, 0.1) is 0 Å². The minimum atomic E-state index is -1.05. The first kappa shape index (κ1) is 13.6. The van der Waals surface area contributed by atoms with Crippen molar-refractivity contribution in [3.63, 3.8) is 0 Å². The highest BCUT2D eigenvalue weighted by molar-refractivity contribution is 5.85. The minimum absolute atomic E-state index is 0.0170. The number of carbonyl (C=O) groups is 1. The summed E-state index contributed by atoms with van der Waals surface area (Å²) in [5, 5.41) is 13.4. The van der Waals surface area contributed by atoms with Crippen molar-refractivity contribution in [1.82, 2.24) is 9.78 Å². The van der Waals surface area contributed by atoms with Gasteiger partial charge in [0.05, 0.1) is 24.6 Å². The maximum Gasteiger partial charge on any atom is 0.356 e. The number of carboxylic acids is 1. The van der Waals surface area contributed by atoms with Crippen LogP contribution in [0.25, 0.3) is 5.69 Å². The molecule has 0 bridgehead atoms. The molecule has 6 nitrogen and oxygen atoms in total. The Hall–Kier alpha value is -2.34. The van der Waals surface area contributed by atoms with Gasteiger partial charge in [0.15, 0.2) is 5.69 Å². The number of aromatic nitrogens is 2. The van der Waals surface area contributed by atoms with Crippen LogP contribution in [0.1, 0.15) is 35.1 Å². The molecule has 2 aromatic rings. The van der Waals surface area contributed by atoms with Gasteiger partial charge < -0.3 is 14.6 Å². The molecular weight excluding hydrogens is 272 g/mol.